The lowest BCUT2D eigenvalue weighted by Crippen LogP contribution is -2.59. The summed E-state index contributed by atoms with van der Waals surface area (Å²) >= 11 is 0. The molecular formula is C30H58O3Si3. The summed E-state index contributed by atoms with van der Waals surface area (Å²) in [7, 11) is -4.79. The molecule has 3 nitrogen and oxygen atoms in total. The topological polar surface area (TPSA) is 27.7 Å². The van der Waals surface area contributed by atoms with E-state index < -0.39 is 25.0 Å². The largest absolute Gasteiger partial charge is 0.415 e. The Morgan fingerprint density at radius 2 is 1.47 bits per heavy atom. The fourth-order valence-corrected chi connectivity index (χ4v) is 12.9. The van der Waals surface area contributed by atoms with Crippen LogP contribution < -0.4 is 0 Å². The molecule has 0 aromatic rings. The Hall–Kier alpha value is 0.271. The molecule has 0 radical (unpaired) electrons. The van der Waals surface area contributed by atoms with Crippen LogP contribution in [0.3, 0.4) is 0 Å². The first-order valence-corrected chi connectivity index (χ1v) is 25.3. The van der Waals surface area contributed by atoms with Crippen LogP contribution in [0.2, 0.25) is 58.9 Å². The van der Waals surface area contributed by atoms with Gasteiger partial charge >= 0.3 is 0 Å². The zero-order valence-corrected chi connectivity index (χ0v) is 28.8. The van der Waals surface area contributed by atoms with E-state index >= 15 is 0 Å². The quantitative estimate of drug-likeness (QED) is 0.234. The van der Waals surface area contributed by atoms with Crippen LogP contribution in [0.25, 0.3) is 0 Å². The second-order valence-corrected chi connectivity index (χ2v) is 29.7. The van der Waals surface area contributed by atoms with E-state index in [2.05, 4.69) is 85.8 Å². The Morgan fingerprint density at radius 3 is 2.06 bits per heavy atom. The highest BCUT2D eigenvalue weighted by Crippen LogP contribution is 2.68. The van der Waals surface area contributed by atoms with E-state index in [1.54, 1.807) is 5.57 Å². The van der Waals surface area contributed by atoms with Crippen LogP contribution in [0, 0.1) is 34.5 Å². The van der Waals surface area contributed by atoms with Crippen LogP contribution in [0.5, 0.6) is 0 Å². The van der Waals surface area contributed by atoms with Crippen molar-refractivity contribution in [1.29, 1.82) is 0 Å². The van der Waals surface area contributed by atoms with Gasteiger partial charge in [-0.1, -0.05) is 25.5 Å². The summed E-state index contributed by atoms with van der Waals surface area (Å²) in [4.78, 5) is 0. The van der Waals surface area contributed by atoms with E-state index in [0.717, 1.165) is 11.8 Å². The smallest absolute Gasteiger partial charge is 0.184 e. The minimum Gasteiger partial charge on any atom is -0.415 e. The molecule has 4 aliphatic carbocycles. The van der Waals surface area contributed by atoms with Gasteiger partial charge in [-0.05, 0) is 145 Å². The average Bonchev–Trinajstić information content (AvgIpc) is 3.01. The molecule has 0 heterocycles. The van der Waals surface area contributed by atoms with Crippen molar-refractivity contribution in [2.45, 2.75) is 143 Å². The second-order valence-electron chi connectivity index (χ2n) is 16.3. The van der Waals surface area contributed by atoms with E-state index in [-0.39, 0.29) is 5.41 Å². The summed E-state index contributed by atoms with van der Waals surface area (Å²) in [5.41, 5.74) is 2.31. The van der Waals surface area contributed by atoms with Crippen molar-refractivity contribution in [1.82, 2.24) is 0 Å². The molecule has 3 saturated carbocycles. The molecule has 0 N–H and O–H groups in total. The molecule has 0 bridgehead atoms. The third kappa shape index (κ3) is 5.89. The Bertz CT molecular complexity index is 838. The zero-order chi connectivity index (χ0) is 26.9. The molecule has 36 heavy (non-hydrogen) atoms. The molecule has 0 amide bonds. The van der Waals surface area contributed by atoms with Crippen molar-refractivity contribution < 1.29 is 13.3 Å². The standard InChI is InChI=1S/C30H58O3Si3/c1-21(31-34(4,5)6)25-15-16-26-24-14-13-22-19-23(32-35(7,8)9)17-18-29(22,2)28(24)27(20-30(25,26)3)33-36(10,11)12/h19,21,23-28H,13-18,20H2,1-12H3/t21-,23+,24?,25-,26?,27+,28?,29+,30-/m1/s1. The molecule has 3 unspecified atom stereocenters. The summed E-state index contributed by atoms with van der Waals surface area (Å²) in [6.07, 6.45) is 12.7. The maximum atomic E-state index is 7.23. The molecular weight excluding hydrogens is 493 g/mol. The Balaban J connectivity index is 1.67. The maximum absolute atomic E-state index is 7.23. The molecule has 0 saturated heterocycles. The van der Waals surface area contributed by atoms with Crippen LogP contribution in [-0.4, -0.2) is 43.3 Å². The number of hydrogen-bond donors (Lipinski definition) is 0. The first-order chi connectivity index (χ1) is 16.3. The minimum atomic E-state index is -1.68. The van der Waals surface area contributed by atoms with Gasteiger partial charge in [0.1, 0.15) is 0 Å². The van der Waals surface area contributed by atoms with Gasteiger partial charge in [0.05, 0.1) is 6.10 Å². The summed E-state index contributed by atoms with van der Waals surface area (Å²) in [6, 6.07) is 0. The Labute approximate surface area is 226 Å². The zero-order valence-electron chi connectivity index (χ0n) is 25.8. The number of fused-ring (bicyclic) bond motifs is 5. The average molecular weight is 551 g/mol. The minimum absolute atomic E-state index is 0.270. The van der Waals surface area contributed by atoms with Gasteiger partial charge in [-0.2, -0.15) is 0 Å². The van der Waals surface area contributed by atoms with Crippen molar-refractivity contribution in [3.05, 3.63) is 11.6 Å². The van der Waals surface area contributed by atoms with Crippen molar-refractivity contribution >= 4 is 25.0 Å². The first-order valence-electron chi connectivity index (χ1n) is 15.1. The van der Waals surface area contributed by atoms with Crippen LogP contribution in [0.1, 0.15) is 65.7 Å². The van der Waals surface area contributed by atoms with E-state index in [1.807, 2.05) is 0 Å². The van der Waals surface area contributed by atoms with Gasteiger partial charge < -0.3 is 13.3 Å². The summed E-state index contributed by atoms with van der Waals surface area (Å²) in [5.74, 6) is 2.91. The molecule has 208 valence electrons. The first kappa shape index (κ1) is 29.3. The predicted molar refractivity (Wildman–Crippen MR) is 161 cm³/mol. The van der Waals surface area contributed by atoms with Crippen LogP contribution in [0.15, 0.2) is 11.6 Å². The normalized spacial score (nSPS) is 42.3. The highest BCUT2D eigenvalue weighted by molar-refractivity contribution is 6.70. The third-order valence-electron chi connectivity index (χ3n) is 10.2. The lowest BCUT2D eigenvalue weighted by atomic mass is 9.45. The molecule has 3 fully saturated rings. The highest BCUT2D eigenvalue weighted by atomic mass is 28.4. The molecule has 0 aromatic carbocycles. The van der Waals surface area contributed by atoms with Crippen molar-refractivity contribution in [3.8, 4) is 0 Å². The molecule has 9 atom stereocenters. The lowest BCUT2D eigenvalue weighted by molar-refractivity contribution is -0.131. The maximum Gasteiger partial charge on any atom is 0.184 e. The highest BCUT2D eigenvalue weighted by Gasteiger charge is 2.63. The van der Waals surface area contributed by atoms with E-state index in [4.69, 9.17) is 13.3 Å². The van der Waals surface area contributed by atoms with E-state index in [9.17, 15) is 0 Å². The van der Waals surface area contributed by atoms with Crippen LogP contribution >= 0.6 is 0 Å². The SMILES string of the molecule is C[C@@H](O[Si](C)(C)C)[C@H]1CCC2C3CCC4=C[C@@H](O[Si](C)(C)C)CC[C@]4(C)C3[C@@H](O[Si](C)(C)C)C[C@@]21C. The van der Waals surface area contributed by atoms with Crippen molar-refractivity contribution in [2.75, 3.05) is 0 Å². The summed E-state index contributed by atoms with van der Waals surface area (Å²) in [6.45, 7) is 28.9. The number of hydrogen-bond acceptors (Lipinski definition) is 3. The predicted octanol–water partition coefficient (Wildman–Crippen LogP) is 8.86. The number of allylic oxidation sites excluding steroid dienone is 1. The third-order valence-corrected chi connectivity index (χ3v) is 13.3. The van der Waals surface area contributed by atoms with E-state index in [0.29, 0.717) is 35.6 Å². The van der Waals surface area contributed by atoms with Crippen LogP contribution in [0.4, 0.5) is 0 Å². The molecule has 4 rings (SSSR count). The second kappa shape index (κ2) is 9.72. The molecule has 0 aromatic heterocycles. The van der Waals surface area contributed by atoms with E-state index in [1.165, 1.54) is 44.9 Å². The van der Waals surface area contributed by atoms with Crippen molar-refractivity contribution in [2.24, 2.45) is 34.5 Å². The van der Waals surface area contributed by atoms with Crippen LogP contribution in [-0.2, 0) is 13.3 Å². The van der Waals surface area contributed by atoms with Gasteiger partial charge in [-0.3, -0.25) is 0 Å². The Kier molecular flexibility index (Phi) is 7.90. The molecule has 0 aliphatic heterocycles. The van der Waals surface area contributed by atoms with Gasteiger partial charge in [0.25, 0.3) is 0 Å². The monoisotopic (exact) mass is 550 g/mol. The molecule has 0 spiro atoms. The molecule has 4 aliphatic rings. The van der Waals surface area contributed by atoms with Crippen molar-refractivity contribution in [3.63, 3.8) is 0 Å². The molecule has 6 heteroatoms. The summed E-state index contributed by atoms with van der Waals surface area (Å²) < 4.78 is 20.6. The van der Waals surface area contributed by atoms with Gasteiger partial charge in [-0.25, -0.2) is 0 Å². The fourth-order valence-electron chi connectivity index (χ4n) is 9.35. The summed E-state index contributed by atoms with van der Waals surface area (Å²) in [5, 5.41) is 0. The van der Waals surface area contributed by atoms with Gasteiger partial charge in [0.2, 0.25) is 0 Å². The fraction of sp³-hybridized carbons (Fsp3) is 0.933. The van der Waals surface area contributed by atoms with Gasteiger partial charge in [0.15, 0.2) is 25.0 Å². The Morgan fingerprint density at radius 1 is 0.833 bits per heavy atom. The van der Waals surface area contributed by atoms with Gasteiger partial charge in [-0.15, -0.1) is 0 Å². The lowest BCUT2D eigenvalue weighted by Gasteiger charge is -2.62. The number of rotatable bonds is 7. The van der Waals surface area contributed by atoms with Gasteiger partial charge in [0, 0.05) is 12.2 Å².